The van der Waals surface area contributed by atoms with Crippen molar-refractivity contribution in [2.45, 2.75) is 32.5 Å². The largest absolute Gasteiger partial charge is 0 e. The maximum Gasteiger partial charge on any atom is 0 e. The molecule has 0 unspecified atom stereocenters. The molecule has 1 aromatic rings. The molecular formula is C19H27CrNO6Si. The normalized spacial score (nSPS) is 9.14. The molecule has 0 heterocycles. The van der Waals surface area contributed by atoms with Gasteiger partial charge in [0.15, 0.2) is 11.5 Å². The van der Waals surface area contributed by atoms with Gasteiger partial charge in [0, 0.05) is 36.7 Å². The summed E-state index contributed by atoms with van der Waals surface area (Å²) in [5.41, 5.74) is 1.11. The van der Waals surface area contributed by atoms with Crippen molar-refractivity contribution in [1.29, 1.82) is 0 Å². The van der Waals surface area contributed by atoms with E-state index in [4.69, 9.17) is 28.5 Å². The number of benzene rings is 1. The first-order valence-corrected chi connectivity index (χ1v) is 11.4. The minimum absolute atomic E-state index is 0. The fourth-order valence-electron chi connectivity index (χ4n) is 2.13. The summed E-state index contributed by atoms with van der Waals surface area (Å²) in [7, 11) is 1.80. The molecule has 1 N–H and O–H groups in total. The second kappa shape index (κ2) is 21.7. The van der Waals surface area contributed by atoms with Gasteiger partial charge < -0.3 is 14.6 Å². The van der Waals surface area contributed by atoms with Crippen molar-refractivity contribution in [1.82, 2.24) is 0 Å². The van der Waals surface area contributed by atoms with Crippen molar-refractivity contribution >= 4 is 19.5 Å². The number of unbranched alkanes of at least 4 members (excludes halogenated alkanes) is 1. The van der Waals surface area contributed by atoms with Crippen molar-refractivity contribution in [3.8, 4) is 11.5 Å². The molecule has 0 aliphatic rings. The third-order valence-corrected chi connectivity index (χ3v) is 5.34. The van der Waals surface area contributed by atoms with Crippen molar-refractivity contribution in [3.05, 3.63) is 37.6 Å². The second-order valence-electron chi connectivity index (χ2n) is 6.01. The molecule has 0 amide bonds. The van der Waals surface area contributed by atoms with E-state index in [2.05, 4.69) is 50.7 Å². The molecule has 1 aromatic carbocycles. The summed E-state index contributed by atoms with van der Waals surface area (Å²) in [5.74, 6) is 1.50. The Bertz CT molecular complexity index is 595. The summed E-state index contributed by atoms with van der Waals surface area (Å²) in [6, 6.07) is 4.09. The summed E-state index contributed by atoms with van der Waals surface area (Å²) in [5, 5.41) is 10.1. The van der Waals surface area contributed by atoms with Crippen molar-refractivity contribution in [3.63, 3.8) is 0 Å². The van der Waals surface area contributed by atoms with Crippen LogP contribution in [0.25, 0.3) is 0 Å². The number of aliphatic imine (C=N–C) groups is 1. The maximum atomic E-state index is 8.78. The minimum atomic E-state index is -1.50. The number of nitrogens with zero attached hydrogens (tertiary/aromatic N) is 1. The number of aliphatic hydroxyl groups excluding tert-OH is 1. The quantitative estimate of drug-likeness (QED) is 0.218. The summed E-state index contributed by atoms with van der Waals surface area (Å²) in [6.45, 7) is 21.4. The number of rotatable bonds is 8. The molecule has 0 spiro atoms. The van der Waals surface area contributed by atoms with Crippen molar-refractivity contribution in [2.75, 3.05) is 27.4 Å². The van der Waals surface area contributed by atoms with E-state index in [9.17, 15) is 0 Å². The van der Waals surface area contributed by atoms with E-state index in [1.807, 2.05) is 12.3 Å². The van der Waals surface area contributed by atoms with E-state index in [0.717, 1.165) is 36.4 Å². The Kier molecular flexibility index (Phi) is 26.3. The zero-order valence-corrected chi connectivity index (χ0v) is 19.2. The molecule has 7 nitrogen and oxygen atoms in total. The number of hydrogen-bond acceptors (Lipinski definition) is 4. The fourth-order valence-corrected chi connectivity index (χ4v) is 3.70. The topological polar surface area (TPSA) is 111 Å². The van der Waals surface area contributed by atoms with E-state index < -0.39 is 8.07 Å². The summed E-state index contributed by atoms with van der Waals surface area (Å²) in [6.07, 6.45) is 3.62. The molecule has 28 heavy (non-hydrogen) atoms. The van der Waals surface area contributed by atoms with Gasteiger partial charge in [0.25, 0.3) is 0 Å². The zero-order chi connectivity index (χ0) is 21.9. The molecule has 1 rings (SSSR count). The molecular weight excluding hydrogens is 418 g/mol. The molecule has 9 heteroatoms. The van der Waals surface area contributed by atoms with Crippen LogP contribution in [0.15, 0.2) is 17.1 Å². The Hall–Kier alpha value is -1.58. The molecule has 0 atom stereocenters. The van der Waals surface area contributed by atoms with Gasteiger partial charge in [0.05, 0.1) is 22.3 Å². The Morgan fingerprint density at radius 3 is 1.82 bits per heavy atom. The molecule has 0 fully saturated rings. The van der Waals surface area contributed by atoms with Crippen LogP contribution in [0.3, 0.4) is 0 Å². The van der Waals surface area contributed by atoms with Gasteiger partial charge >= 0.3 is 33.9 Å². The van der Waals surface area contributed by atoms with Crippen molar-refractivity contribution < 1.29 is 45.9 Å². The van der Waals surface area contributed by atoms with Crippen molar-refractivity contribution in [2.24, 2.45) is 4.99 Å². The van der Waals surface area contributed by atoms with Gasteiger partial charge in [0.2, 0.25) is 0 Å². The second-order valence-corrected chi connectivity index (χ2v) is 11.0. The molecule has 0 aliphatic carbocycles. The van der Waals surface area contributed by atoms with E-state index in [0.29, 0.717) is 0 Å². The maximum absolute atomic E-state index is 8.78. The van der Waals surface area contributed by atoms with Crippen LogP contribution in [-0.2, 0) is 31.3 Å². The summed E-state index contributed by atoms with van der Waals surface area (Å²) in [4.78, 5) is 4.47. The third kappa shape index (κ3) is 13.6. The van der Waals surface area contributed by atoms with Gasteiger partial charge in [-0.1, -0.05) is 19.6 Å². The van der Waals surface area contributed by atoms with E-state index in [1.165, 1.54) is 5.19 Å². The molecule has 0 bridgehead atoms. The fraction of sp³-hybridized carbons (Fsp3) is 0.474. The van der Waals surface area contributed by atoms with Gasteiger partial charge in [-0.15, -0.1) is 0 Å². The van der Waals surface area contributed by atoms with Crippen LogP contribution in [0, 0.1) is 20.0 Å². The number of hydrogen-bond donors (Lipinski definition) is 1. The molecule has 0 saturated heterocycles. The van der Waals surface area contributed by atoms with Crippen LogP contribution in [-0.4, -0.2) is 46.8 Å². The number of ether oxygens (including phenoxy) is 2. The van der Waals surface area contributed by atoms with Gasteiger partial charge in [-0.2, -0.15) is 0 Å². The standard InChI is InChI=1S/C16H27NO3Si.3CO.Cr/c1-19-14-10-13(12-17-8-6-7-9-18)16(21(3,4)5)11-15(14)20-2;3*1-2;/h10-12,18H,6-9H2,1-5H3;;;;. The SMILES string of the molecule is COc1cc(C=NCCCCO)c([Si](C)(C)C)cc1OC.[C-]#[O+].[C-]#[O+].[C-]#[O+].[Cr]. The van der Waals surface area contributed by atoms with Gasteiger partial charge in [-0.3, -0.25) is 4.99 Å². The number of aliphatic hydroxyl groups is 1. The average molecular weight is 446 g/mol. The summed E-state index contributed by atoms with van der Waals surface area (Å²) < 4.78 is 33.3. The van der Waals surface area contributed by atoms with E-state index in [-0.39, 0.29) is 24.0 Å². The average Bonchev–Trinajstić information content (AvgIpc) is 2.71. The predicted molar refractivity (Wildman–Crippen MR) is 103 cm³/mol. The Balaban J connectivity index is -0.000000374. The zero-order valence-electron chi connectivity index (χ0n) is 16.9. The first kappa shape index (κ1) is 34.0. The molecule has 0 aromatic heterocycles. The predicted octanol–water partition coefficient (Wildman–Crippen LogP) is 2.33. The monoisotopic (exact) mass is 445 g/mol. The first-order chi connectivity index (χ1) is 12.9. The molecule has 0 saturated carbocycles. The van der Waals surface area contributed by atoms with Gasteiger partial charge in [0.1, 0.15) is 0 Å². The smallest absolute Gasteiger partial charge is 0 e. The van der Waals surface area contributed by atoms with Crippen LogP contribution in [0.2, 0.25) is 19.6 Å². The Morgan fingerprint density at radius 2 is 1.43 bits per heavy atom. The van der Waals surface area contributed by atoms with E-state index >= 15 is 0 Å². The van der Waals surface area contributed by atoms with Crippen LogP contribution in [0.4, 0.5) is 0 Å². The Morgan fingerprint density at radius 1 is 0.964 bits per heavy atom. The first-order valence-electron chi connectivity index (χ1n) is 7.92. The summed E-state index contributed by atoms with van der Waals surface area (Å²) >= 11 is 0. The van der Waals surface area contributed by atoms with Crippen LogP contribution in [0.5, 0.6) is 11.5 Å². The van der Waals surface area contributed by atoms with Crippen LogP contribution >= 0.6 is 0 Å². The van der Waals surface area contributed by atoms with Crippen LogP contribution < -0.4 is 14.7 Å². The third-order valence-electron chi connectivity index (χ3n) is 3.29. The minimum Gasteiger partial charge on any atom is 0 e. The van der Waals surface area contributed by atoms with Crippen LogP contribution in [0.1, 0.15) is 18.4 Å². The molecule has 0 aliphatic heterocycles. The van der Waals surface area contributed by atoms with Gasteiger partial charge in [-0.25, -0.2) is 0 Å². The Labute approximate surface area is 179 Å². The molecule has 0 radical (unpaired) electrons. The van der Waals surface area contributed by atoms with Gasteiger partial charge in [-0.05, 0) is 35.7 Å². The number of methoxy groups -OCH3 is 2. The van der Waals surface area contributed by atoms with E-state index in [1.54, 1.807) is 14.2 Å². The molecule has 154 valence electrons.